The first-order valence-corrected chi connectivity index (χ1v) is 12.4. The molecule has 5 fully saturated rings. The number of hydrogen-bond acceptors (Lipinski definition) is 6. The number of rotatable bonds is 5. The van der Waals surface area contributed by atoms with Crippen LogP contribution in [0.5, 0.6) is 0 Å². The first kappa shape index (κ1) is 22.8. The van der Waals surface area contributed by atoms with Crippen LogP contribution in [0.1, 0.15) is 38.5 Å². The second-order valence-corrected chi connectivity index (χ2v) is 11.0. The number of fused-ring (bicyclic) bond motifs is 2. The Kier molecular flexibility index (Phi) is 6.16. The van der Waals surface area contributed by atoms with Crippen molar-refractivity contribution in [3.05, 3.63) is 0 Å². The molecule has 8 nitrogen and oxygen atoms in total. The standard InChI is InChI=1S/C22H35ClFN5O3/c1-28(22(4-5-22)11-32-2)21(31)19-14-10-29(6-3-16(14)26-27-19)20(30)18-9-13-15(23)7-12(24)8-17(13)25-18/h12-19,25-27H,3-11H2,1-2H3. The molecule has 5 aliphatic rings. The minimum absolute atomic E-state index is 0.0145. The number of nitrogens with zero attached hydrogens (tertiary/aromatic N) is 2. The number of carbonyl (C=O) groups is 2. The summed E-state index contributed by atoms with van der Waals surface area (Å²) in [4.78, 5) is 30.4. The number of carbonyl (C=O) groups excluding carboxylic acids is 2. The fourth-order valence-electron chi connectivity index (χ4n) is 6.39. The van der Waals surface area contributed by atoms with Crippen LogP contribution >= 0.6 is 11.6 Å². The van der Waals surface area contributed by atoms with Crippen molar-refractivity contribution in [1.29, 1.82) is 0 Å². The highest BCUT2D eigenvalue weighted by Crippen LogP contribution is 2.42. The van der Waals surface area contributed by atoms with Crippen LogP contribution in [0.4, 0.5) is 4.39 Å². The van der Waals surface area contributed by atoms with Crippen molar-refractivity contribution in [2.45, 2.75) is 79.8 Å². The summed E-state index contributed by atoms with van der Waals surface area (Å²) in [6.45, 7) is 1.74. The van der Waals surface area contributed by atoms with E-state index in [1.165, 1.54) is 0 Å². The molecule has 0 aromatic heterocycles. The summed E-state index contributed by atoms with van der Waals surface area (Å²) < 4.78 is 19.3. The number of ether oxygens (including phenoxy) is 1. The predicted molar refractivity (Wildman–Crippen MR) is 118 cm³/mol. The Morgan fingerprint density at radius 2 is 1.97 bits per heavy atom. The molecule has 0 spiro atoms. The molecule has 2 aliphatic carbocycles. The van der Waals surface area contributed by atoms with Gasteiger partial charge in [-0.1, -0.05) is 0 Å². The van der Waals surface area contributed by atoms with E-state index in [9.17, 15) is 14.0 Å². The van der Waals surface area contributed by atoms with Crippen molar-refractivity contribution in [3.8, 4) is 0 Å². The van der Waals surface area contributed by atoms with Crippen molar-refractivity contribution >= 4 is 23.4 Å². The molecular weight excluding hydrogens is 437 g/mol. The summed E-state index contributed by atoms with van der Waals surface area (Å²) in [5.74, 6) is 0.267. The van der Waals surface area contributed by atoms with Crippen LogP contribution in [0, 0.1) is 11.8 Å². The van der Waals surface area contributed by atoms with Crippen LogP contribution in [0.25, 0.3) is 0 Å². The van der Waals surface area contributed by atoms with Gasteiger partial charge in [-0.2, -0.15) is 0 Å². The first-order valence-electron chi connectivity index (χ1n) is 11.9. The van der Waals surface area contributed by atoms with Crippen molar-refractivity contribution in [1.82, 2.24) is 26.0 Å². The molecule has 0 aromatic carbocycles. The molecule has 0 radical (unpaired) electrons. The summed E-state index contributed by atoms with van der Waals surface area (Å²) in [6.07, 6.45) is 3.28. The molecule has 3 saturated heterocycles. The lowest BCUT2D eigenvalue weighted by molar-refractivity contribution is -0.140. The van der Waals surface area contributed by atoms with E-state index >= 15 is 0 Å². The lowest BCUT2D eigenvalue weighted by Crippen LogP contribution is -2.56. The Bertz CT molecular complexity index is 755. The quantitative estimate of drug-likeness (QED) is 0.503. The van der Waals surface area contributed by atoms with E-state index in [1.807, 2.05) is 16.8 Å². The van der Waals surface area contributed by atoms with Crippen LogP contribution in [-0.2, 0) is 14.3 Å². The van der Waals surface area contributed by atoms with E-state index in [0.29, 0.717) is 39.0 Å². The normalized spacial score (nSPS) is 42.3. The monoisotopic (exact) mass is 471 g/mol. The van der Waals surface area contributed by atoms with E-state index in [4.69, 9.17) is 16.3 Å². The van der Waals surface area contributed by atoms with Gasteiger partial charge in [-0.25, -0.2) is 9.82 Å². The molecule has 8 atom stereocenters. The van der Waals surface area contributed by atoms with Crippen molar-refractivity contribution in [2.24, 2.45) is 11.8 Å². The number of methoxy groups -OCH3 is 1. The van der Waals surface area contributed by atoms with E-state index in [1.54, 1.807) is 7.11 Å². The molecule has 3 N–H and O–H groups in total. The average molecular weight is 472 g/mol. The summed E-state index contributed by atoms with van der Waals surface area (Å²) in [5, 5.41) is 3.15. The molecule has 180 valence electrons. The van der Waals surface area contributed by atoms with Gasteiger partial charge in [-0.3, -0.25) is 15.0 Å². The summed E-state index contributed by atoms with van der Waals surface area (Å²) >= 11 is 6.42. The van der Waals surface area contributed by atoms with Crippen LogP contribution in [0.2, 0.25) is 0 Å². The molecule has 5 rings (SSSR count). The molecule has 0 aromatic rings. The zero-order valence-corrected chi connectivity index (χ0v) is 19.6. The Labute approximate surface area is 193 Å². The van der Waals surface area contributed by atoms with E-state index in [-0.39, 0.29) is 58.7 Å². The van der Waals surface area contributed by atoms with Crippen LogP contribution < -0.4 is 16.2 Å². The number of halogens is 2. The number of hydrazine groups is 1. The summed E-state index contributed by atoms with van der Waals surface area (Å²) in [5.41, 5.74) is 6.31. The fourth-order valence-corrected chi connectivity index (χ4v) is 6.86. The minimum Gasteiger partial charge on any atom is -0.382 e. The molecule has 3 aliphatic heterocycles. The maximum Gasteiger partial charge on any atom is 0.241 e. The van der Waals surface area contributed by atoms with E-state index in [0.717, 1.165) is 19.3 Å². The van der Waals surface area contributed by atoms with Crippen LogP contribution in [0.15, 0.2) is 0 Å². The number of likely N-dealkylation sites (tertiary alicyclic amines) is 1. The molecule has 32 heavy (non-hydrogen) atoms. The summed E-state index contributed by atoms with van der Waals surface area (Å²) in [6, 6.07) is -0.545. The third-order valence-corrected chi connectivity index (χ3v) is 9.07. The van der Waals surface area contributed by atoms with Gasteiger partial charge in [-0.15, -0.1) is 11.6 Å². The third-order valence-electron chi connectivity index (χ3n) is 8.56. The minimum atomic E-state index is -0.900. The molecule has 8 unspecified atom stereocenters. The SMILES string of the molecule is COCC1(N(C)C(=O)C2NNC3CCN(C(=O)C4CC5C(Cl)CC(F)CC5N4)CC32)CC1. The highest BCUT2D eigenvalue weighted by molar-refractivity contribution is 6.21. The van der Waals surface area contributed by atoms with Gasteiger partial charge in [0.15, 0.2) is 0 Å². The Morgan fingerprint density at radius 3 is 2.69 bits per heavy atom. The van der Waals surface area contributed by atoms with E-state index < -0.39 is 6.17 Å². The number of hydrogen-bond donors (Lipinski definition) is 3. The molecule has 2 saturated carbocycles. The zero-order chi connectivity index (χ0) is 22.6. The second-order valence-electron chi connectivity index (χ2n) is 10.5. The number of alkyl halides is 2. The highest BCUT2D eigenvalue weighted by atomic mass is 35.5. The van der Waals surface area contributed by atoms with Gasteiger partial charge >= 0.3 is 0 Å². The smallest absolute Gasteiger partial charge is 0.241 e. The zero-order valence-electron chi connectivity index (χ0n) is 18.9. The molecule has 10 heteroatoms. The van der Waals surface area contributed by atoms with Crippen LogP contribution in [-0.4, -0.2) is 96.7 Å². The van der Waals surface area contributed by atoms with Crippen molar-refractivity contribution in [2.75, 3.05) is 33.9 Å². The maximum atomic E-state index is 13.9. The second kappa shape index (κ2) is 8.65. The van der Waals surface area contributed by atoms with Gasteiger partial charge in [0, 0.05) is 50.6 Å². The maximum absolute atomic E-state index is 13.9. The highest BCUT2D eigenvalue weighted by Gasteiger charge is 2.53. The molecular formula is C22H35ClFN5O3. The van der Waals surface area contributed by atoms with Crippen molar-refractivity contribution in [3.63, 3.8) is 0 Å². The summed E-state index contributed by atoms with van der Waals surface area (Å²) in [7, 11) is 3.53. The van der Waals surface area contributed by atoms with Gasteiger partial charge < -0.3 is 19.9 Å². The van der Waals surface area contributed by atoms with Gasteiger partial charge in [0.2, 0.25) is 11.8 Å². The van der Waals surface area contributed by atoms with Gasteiger partial charge in [0.25, 0.3) is 0 Å². The molecule has 2 amide bonds. The number of amides is 2. The van der Waals surface area contributed by atoms with Crippen molar-refractivity contribution < 1.29 is 18.7 Å². The number of piperidine rings is 1. The van der Waals surface area contributed by atoms with Gasteiger partial charge in [-0.05, 0) is 44.4 Å². The third kappa shape index (κ3) is 3.94. The first-order chi connectivity index (χ1) is 15.3. The predicted octanol–water partition coefficient (Wildman–Crippen LogP) is 0.403. The Hall–Kier alpha value is -1.00. The Balaban J connectivity index is 1.23. The molecule has 0 bridgehead atoms. The Morgan fingerprint density at radius 1 is 1.19 bits per heavy atom. The fraction of sp³-hybridized carbons (Fsp3) is 0.909. The lowest BCUT2D eigenvalue weighted by Gasteiger charge is -2.38. The van der Waals surface area contributed by atoms with E-state index in [2.05, 4.69) is 16.2 Å². The topological polar surface area (TPSA) is 85.9 Å². The molecule has 3 heterocycles. The largest absolute Gasteiger partial charge is 0.382 e. The lowest BCUT2D eigenvalue weighted by atomic mass is 9.83. The van der Waals surface area contributed by atoms with Gasteiger partial charge in [0.1, 0.15) is 12.2 Å². The van der Waals surface area contributed by atoms with Crippen LogP contribution in [0.3, 0.4) is 0 Å². The van der Waals surface area contributed by atoms with Gasteiger partial charge in [0.05, 0.1) is 18.2 Å². The average Bonchev–Trinajstić information content (AvgIpc) is 3.23. The number of nitrogens with one attached hydrogen (secondary N) is 3. The number of likely N-dealkylation sites (N-methyl/N-ethyl adjacent to an activating group) is 1.